The number of hydrogen-bond acceptors (Lipinski definition) is 6. The van der Waals surface area contributed by atoms with E-state index >= 15 is 0 Å². The molecule has 0 aliphatic heterocycles. The van der Waals surface area contributed by atoms with Gasteiger partial charge in [0.25, 0.3) is 0 Å². The highest BCUT2D eigenvalue weighted by Gasteiger charge is 2.34. The molecular weight excluding hydrogens is 513 g/mol. The van der Waals surface area contributed by atoms with E-state index in [2.05, 4.69) is 17.9 Å². The molecule has 0 heterocycles. The van der Waals surface area contributed by atoms with Crippen LogP contribution in [0.3, 0.4) is 0 Å². The summed E-state index contributed by atoms with van der Waals surface area (Å²) in [5.41, 5.74) is 1.89. The van der Waals surface area contributed by atoms with Crippen molar-refractivity contribution < 1.29 is 41.7 Å². The van der Waals surface area contributed by atoms with Crippen molar-refractivity contribution in [2.45, 2.75) is 13.1 Å². The van der Waals surface area contributed by atoms with Crippen LogP contribution in [0.1, 0.15) is 12.5 Å². The summed E-state index contributed by atoms with van der Waals surface area (Å²) in [6, 6.07) is 17.7. The van der Waals surface area contributed by atoms with Gasteiger partial charge in [-0.1, -0.05) is 55.6 Å². The largest absolute Gasteiger partial charge is 0.462 e. The molecule has 0 amide bonds. The normalized spacial score (nSPS) is 11.3. The van der Waals surface area contributed by atoms with Gasteiger partial charge in [-0.25, -0.2) is 9.59 Å². The predicted molar refractivity (Wildman–Crippen MR) is 139 cm³/mol. The van der Waals surface area contributed by atoms with Gasteiger partial charge in [-0.15, -0.1) is 0 Å². The van der Waals surface area contributed by atoms with Crippen LogP contribution in [-0.2, 0) is 25.2 Å². The summed E-state index contributed by atoms with van der Waals surface area (Å²) < 4.78 is 60.8. The molecule has 0 aliphatic carbocycles. The fourth-order valence-electron chi connectivity index (χ4n) is 3.16. The van der Waals surface area contributed by atoms with Crippen molar-refractivity contribution >= 4 is 11.9 Å². The summed E-state index contributed by atoms with van der Waals surface area (Å²) in [7, 11) is 0. The van der Waals surface area contributed by atoms with Crippen molar-refractivity contribution in [3.63, 3.8) is 0 Å². The molecule has 0 unspecified atom stereocenters. The SMILES string of the molecule is C=CC(=O)O/C=C\Oc1ccc(-c2ccc(-c3ccc(O/C=C\OC(=O)C(=C)C)cc3)cc2)cc1C(F)(F)F. The van der Waals surface area contributed by atoms with Crippen molar-refractivity contribution in [3.05, 3.63) is 122 Å². The lowest BCUT2D eigenvalue weighted by Gasteiger charge is -2.14. The molecule has 9 heteroatoms. The van der Waals surface area contributed by atoms with Crippen molar-refractivity contribution in [1.29, 1.82) is 0 Å². The first-order valence-electron chi connectivity index (χ1n) is 11.3. The Hall–Kier alpha value is -5.05. The number of hydrogen-bond donors (Lipinski definition) is 0. The number of ether oxygens (including phenoxy) is 4. The van der Waals surface area contributed by atoms with E-state index in [0.29, 0.717) is 16.9 Å². The van der Waals surface area contributed by atoms with Gasteiger partial charge in [0.15, 0.2) is 0 Å². The third-order valence-corrected chi connectivity index (χ3v) is 5.08. The summed E-state index contributed by atoms with van der Waals surface area (Å²) in [6.45, 7) is 8.21. The number of esters is 2. The second-order valence-electron chi connectivity index (χ2n) is 7.92. The number of benzene rings is 3. The highest BCUT2D eigenvalue weighted by Crippen LogP contribution is 2.39. The second kappa shape index (κ2) is 13.0. The van der Waals surface area contributed by atoms with E-state index in [9.17, 15) is 22.8 Å². The van der Waals surface area contributed by atoms with Gasteiger partial charge in [0.1, 0.15) is 36.5 Å². The van der Waals surface area contributed by atoms with Gasteiger partial charge in [-0.2, -0.15) is 13.2 Å². The van der Waals surface area contributed by atoms with Crippen molar-refractivity contribution in [2.75, 3.05) is 0 Å². The number of rotatable bonds is 10. The minimum Gasteiger partial charge on any atom is -0.462 e. The van der Waals surface area contributed by atoms with E-state index in [-0.39, 0.29) is 5.57 Å². The van der Waals surface area contributed by atoms with Crippen LogP contribution in [0, 0.1) is 0 Å². The average Bonchev–Trinajstić information content (AvgIpc) is 2.93. The molecule has 0 radical (unpaired) electrons. The number of carbonyl (C=O) groups excluding carboxylic acids is 2. The zero-order valence-corrected chi connectivity index (χ0v) is 20.7. The number of halogens is 3. The van der Waals surface area contributed by atoms with Crippen molar-refractivity contribution in [3.8, 4) is 33.8 Å². The predicted octanol–water partition coefficient (Wildman–Crippen LogP) is 7.59. The highest BCUT2D eigenvalue weighted by atomic mass is 19.4. The molecule has 0 fully saturated rings. The Bertz CT molecular complexity index is 1400. The average molecular weight is 537 g/mol. The van der Waals surface area contributed by atoms with Gasteiger partial charge in [0, 0.05) is 11.6 Å². The quantitative estimate of drug-likeness (QED) is 0.151. The van der Waals surface area contributed by atoms with Crippen LogP contribution in [0.25, 0.3) is 22.3 Å². The minimum absolute atomic E-state index is 0.264. The number of alkyl halides is 3. The molecule has 0 spiro atoms. The van der Waals surface area contributed by atoms with E-state index in [4.69, 9.17) is 14.2 Å². The van der Waals surface area contributed by atoms with E-state index in [0.717, 1.165) is 42.1 Å². The van der Waals surface area contributed by atoms with Gasteiger partial charge in [0.05, 0.1) is 5.56 Å². The summed E-state index contributed by atoms with van der Waals surface area (Å²) in [5, 5.41) is 0. The lowest BCUT2D eigenvalue weighted by atomic mass is 9.98. The van der Waals surface area contributed by atoms with Crippen molar-refractivity contribution in [1.82, 2.24) is 0 Å². The maximum absolute atomic E-state index is 13.7. The maximum Gasteiger partial charge on any atom is 0.420 e. The number of carbonyl (C=O) groups is 2. The Morgan fingerprint density at radius 3 is 1.82 bits per heavy atom. The summed E-state index contributed by atoms with van der Waals surface area (Å²) >= 11 is 0. The molecule has 200 valence electrons. The lowest BCUT2D eigenvalue weighted by Crippen LogP contribution is -2.07. The van der Waals surface area contributed by atoms with E-state index in [1.54, 1.807) is 36.4 Å². The van der Waals surface area contributed by atoms with Crippen LogP contribution in [0.4, 0.5) is 13.2 Å². The zero-order valence-electron chi connectivity index (χ0n) is 20.7. The Morgan fingerprint density at radius 1 is 0.744 bits per heavy atom. The minimum atomic E-state index is -4.68. The molecule has 0 saturated carbocycles. The molecule has 0 aromatic heterocycles. The smallest absolute Gasteiger partial charge is 0.420 e. The van der Waals surface area contributed by atoms with E-state index < -0.39 is 29.4 Å². The topological polar surface area (TPSA) is 71.1 Å². The third kappa shape index (κ3) is 8.22. The van der Waals surface area contributed by atoms with Gasteiger partial charge < -0.3 is 18.9 Å². The first kappa shape index (κ1) is 28.5. The third-order valence-electron chi connectivity index (χ3n) is 5.08. The monoisotopic (exact) mass is 536 g/mol. The molecule has 0 aliphatic rings. The molecule has 0 bridgehead atoms. The fourth-order valence-corrected chi connectivity index (χ4v) is 3.16. The first-order valence-corrected chi connectivity index (χ1v) is 11.3. The summed E-state index contributed by atoms with van der Waals surface area (Å²) in [5.74, 6) is -1.27. The Labute approximate surface area is 222 Å². The molecule has 0 atom stereocenters. The Kier molecular flexibility index (Phi) is 9.48. The molecule has 3 aromatic rings. The molecular formula is C30H23F3O6. The zero-order chi connectivity index (χ0) is 28.4. The molecule has 6 nitrogen and oxygen atoms in total. The molecule has 0 N–H and O–H groups in total. The van der Waals surface area contributed by atoms with Gasteiger partial charge >= 0.3 is 18.1 Å². The van der Waals surface area contributed by atoms with Crippen LogP contribution < -0.4 is 9.47 Å². The highest BCUT2D eigenvalue weighted by molar-refractivity contribution is 5.87. The van der Waals surface area contributed by atoms with E-state index in [1.807, 2.05) is 12.1 Å². The fraction of sp³-hybridized carbons (Fsp3) is 0.0667. The second-order valence-corrected chi connectivity index (χ2v) is 7.92. The van der Waals surface area contributed by atoms with Crippen LogP contribution in [-0.4, -0.2) is 11.9 Å². The molecule has 39 heavy (non-hydrogen) atoms. The first-order chi connectivity index (χ1) is 18.6. The lowest BCUT2D eigenvalue weighted by molar-refractivity contribution is -0.139. The van der Waals surface area contributed by atoms with Crippen LogP contribution in [0.2, 0.25) is 0 Å². The van der Waals surface area contributed by atoms with E-state index in [1.165, 1.54) is 25.3 Å². The molecule has 3 aromatic carbocycles. The Morgan fingerprint density at radius 2 is 1.26 bits per heavy atom. The standard InChI is InChI=1S/C30H23F3O6/c1-4-28(34)38-17-16-37-27-14-11-24(19-26(27)30(31,32)33)23-7-5-21(6-8-23)22-9-12-25(13-10-22)36-15-18-39-29(35)20(2)3/h4-19H,1-2H2,3H3/b17-16-,18-15-. The molecule has 0 saturated heterocycles. The van der Waals surface area contributed by atoms with Gasteiger partial charge in [-0.3, -0.25) is 0 Å². The van der Waals surface area contributed by atoms with Crippen LogP contribution in [0.5, 0.6) is 11.5 Å². The summed E-state index contributed by atoms with van der Waals surface area (Å²) in [6.07, 6.45) is 0.234. The van der Waals surface area contributed by atoms with Crippen molar-refractivity contribution in [2.24, 2.45) is 0 Å². The van der Waals surface area contributed by atoms with Gasteiger partial charge in [-0.05, 0) is 53.4 Å². The molecule has 3 rings (SSSR count). The Balaban J connectivity index is 1.71. The maximum atomic E-state index is 13.7. The van der Waals surface area contributed by atoms with Crippen LogP contribution >= 0.6 is 0 Å². The summed E-state index contributed by atoms with van der Waals surface area (Å²) in [4.78, 5) is 22.3. The van der Waals surface area contributed by atoms with Gasteiger partial charge in [0.2, 0.25) is 0 Å². The van der Waals surface area contributed by atoms with Crippen LogP contribution in [0.15, 0.2) is 117 Å².